The second-order valence-electron chi connectivity index (χ2n) is 5.82. The Labute approximate surface area is 142 Å². The molecule has 0 radical (unpaired) electrons. The van der Waals surface area contributed by atoms with E-state index in [0.29, 0.717) is 5.92 Å². The van der Waals surface area contributed by atoms with Gasteiger partial charge in [0.15, 0.2) is 0 Å². The highest BCUT2D eigenvalue weighted by Crippen LogP contribution is 2.41. The van der Waals surface area contributed by atoms with Crippen molar-refractivity contribution in [2.75, 3.05) is 0 Å². The Hall–Kier alpha value is -1.67. The number of carbonyl (C=O) groups is 2. The van der Waals surface area contributed by atoms with Gasteiger partial charge in [-0.1, -0.05) is 18.7 Å². The summed E-state index contributed by atoms with van der Waals surface area (Å²) >= 11 is 3.06. The van der Waals surface area contributed by atoms with Crippen molar-refractivity contribution in [3.8, 4) is 0 Å². The highest BCUT2D eigenvalue weighted by molar-refractivity contribution is 8.00. The normalized spacial score (nSPS) is 18.4. The van der Waals surface area contributed by atoms with E-state index < -0.39 is 17.2 Å². The first-order valence-corrected chi connectivity index (χ1v) is 9.17. The highest BCUT2D eigenvalue weighted by atomic mass is 32.2. The Morgan fingerprint density at radius 2 is 2.26 bits per heavy atom. The molecule has 0 bridgehead atoms. The van der Waals surface area contributed by atoms with Crippen molar-refractivity contribution in [3.05, 3.63) is 16.8 Å². The Balaban J connectivity index is 1.92. The summed E-state index contributed by atoms with van der Waals surface area (Å²) in [7, 11) is 0. The van der Waals surface area contributed by atoms with E-state index in [1.807, 2.05) is 0 Å². The lowest BCUT2D eigenvalue weighted by Gasteiger charge is -2.18. The zero-order valence-electron chi connectivity index (χ0n) is 13.0. The van der Waals surface area contributed by atoms with Crippen molar-refractivity contribution in [2.45, 2.75) is 43.4 Å². The van der Waals surface area contributed by atoms with E-state index in [1.54, 1.807) is 18.3 Å². The molecule has 8 heteroatoms. The highest BCUT2D eigenvalue weighted by Gasteiger charge is 2.25. The third-order valence-electron chi connectivity index (χ3n) is 3.96. The standard InChI is InChI=1S/C15H18N4O2S2/c1-7-3-4-9-10(5-7)23-14-11(9)13(17-6-18-14)22-8(2)12(20)19-15(16)21/h6-8H,3-5H2,1-2H3,(H3,16,19,20,21)/t7-,8+/m0/s1. The first-order chi connectivity index (χ1) is 11.0. The molecule has 0 saturated carbocycles. The second-order valence-corrected chi connectivity index (χ2v) is 8.24. The topological polar surface area (TPSA) is 98.0 Å². The molecule has 2 atom stereocenters. The molecule has 2 aromatic heterocycles. The summed E-state index contributed by atoms with van der Waals surface area (Å²) in [5.41, 5.74) is 6.33. The predicted molar refractivity (Wildman–Crippen MR) is 91.6 cm³/mol. The van der Waals surface area contributed by atoms with Crippen LogP contribution in [0.5, 0.6) is 0 Å². The number of rotatable bonds is 3. The molecule has 3 amide bonds. The molecule has 122 valence electrons. The summed E-state index contributed by atoms with van der Waals surface area (Å²) < 4.78 is 0. The van der Waals surface area contributed by atoms with Crippen molar-refractivity contribution in [1.29, 1.82) is 0 Å². The minimum atomic E-state index is -0.836. The molecule has 1 aliphatic rings. The molecule has 0 fully saturated rings. The van der Waals surface area contributed by atoms with Crippen molar-refractivity contribution < 1.29 is 9.59 Å². The first-order valence-electron chi connectivity index (χ1n) is 7.48. The Bertz CT molecular complexity index is 774. The maximum Gasteiger partial charge on any atom is 0.318 e. The average molecular weight is 350 g/mol. The molecular weight excluding hydrogens is 332 g/mol. The van der Waals surface area contributed by atoms with Gasteiger partial charge in [0.2, 0.25) is 5.91 Å². The number of nitrogens with two attached hydrogens (primary N) is 1. The number of nitrogens with one attached hydrogen (secondary N) is 1. The fourth-order valence-corrected chi connectivity index (χ4v) is 5.14. The van der Waals surface area contributed by atoms with Crippen molar-refractivity contribution in [2.24, 2.45) is 11.7 Å². The number of hydrogen-bond acceptors (Lipinski definition) is 6. The Kier molecular flexibility index (Phi) is 4.54. The van der Waals surface area contributed by atoms with Crippen LogP contribution in [0.25, 0.3) is 10.2 Å². The van der Waals surface area contributed by atoms with Gasteiger partial charge in [-0.3, -0.25) is 10.1 Å². The number of fused-ring (bicyclic) bond motifs is 3. The molecule has 6 nitrogen and oxygen atoms in total. The van der Waals surface area contributed by atoms with E-state index in [1.165, 1.54) is 28.5 Å². The first kappa shape index (κ1) is 16.2. The van der Waals surface area contributed by atoms with Gasteiger partial charge in [0.05, 0.1) is 5.25 Å². The molecule has 1 aliphatic carbocycles. The summed E-state index contributed by atoms with van der Waals surface area (Å²) in [6, 6.07) is -0.836. The van der Waals surface area contributed by atoms with Gasteiger partial charge in [-0.15, -0.1) is 11.3 Å². The van der Waals surface area contributed by atoms with Crippen LogP contribution < -0.4 is 11.1 Å². The SMILES string of the molecule is C[C@H]1CCc2c(sc3ncnc(S[C@H](C)C(=O)NC(N)=O)c23)C1. The molecule has 2 aromatic rings. The van der Waals surface area contributed by atoms with Crippen LogP contribution in [-0.2, 0) is 17.6 Å². The van der Waals surface area contributed by atoms with Gasteiger partial charge < -0.3 is 5.73 Å². The van der Waals surface area contributed by atoms with Crippen LogP contribution >= 0.6 is 23.1 Å². The van der Waals surface area contributed by atoms with Crippen molar-refractivity contribution in [1.82, 2.24) is 15.3 Å². The maximum absolute atomic E-state index is 11.9. The number of amides is 3. The minimum absolute atomic E-state index is 0.410. The van der Waals surface area contributed by atoms with Gasteiger partial charge in [0.25, 0.3) is 0 Å². The number of imide groups is 1. The minimum Gasteiger partial charge on any atom is -0.351 e. The molecule has 3 rings (SSSR count). The number of thiophene rings is 1. The van der Waals surface area contributed by atoms with Crippen LogP contribution in [0, 0.1) is 5.92 Å². The number of hydrogen-bond donors (Lipinski definition) is 2. The number of urea groups is 1. The van der Waals surface area contributed by atoms with E-state index in [9.17, 15) is 9.59 Å². The predicted octanol–water partition coefficient (Wildman–Crippen LogP) is 2.49. The van der Waals surface area contributed by atoms with Crippen LogP contribution in [0.1, 0.15) is 30.7 Å². The smallest absolute Gasteiger partial charge is 0.318 e. The van der Waals surface area contributed by atoms with E-state index in [4.69, 9.17) is 5.73 Å². The lowest BCUT2D eigenvalue weighted by Crippen LogP contribution is -2.39. The van der Waals surface area contributed by atoms with Gasteiger partial charge >= 0.3 is 6.03 Å². The van der Waals surface area contributed by atoms with E-state index in [0.717, 1.165) is 34.5 Å². The Morgan fingerprint density at radius 1 is 1.48 bits per heavy atom. The fourth-order valence-electron chi connectivity index (χ4n) is 2.78. The van der Waals surface area contributed by atoms with Crippen LogP contribution in [0.2, 0.25) is 0 Å². The fraction of sp³-hybridized carbons (Fsp3) is 0.467. The molecule has 0 aromatic carbocycles. The molecule has 0 spiro atoms. The molecule has 0 unspecified atom stereocenters. The van der Waals surface area contributed by atoms with Crippen LogP contribution in [0.4, 0.5) is 4.79 Å². The van der Waals surface area contributed by atoms with E-state index in [2.05, 4.69) is 22.2 Å². The second kappa shape index (κ2) is 6.45. The van der Waals surface area contributed by atoms with Crippen LogP contribution in [-0.4, -0.2) is 27.2 Å². The summed E-state index contributed by atoms with van der Waals surface area (Å²) in [5.74, 6) is 0.284. The van der Waals surface area contributed by atoms with E-state index >= 15 is 0 Å². The largest absolute Gasteiger partial charge is 0.351 e. The van der Waals surface area contributed by atoms with Crippen molar-refractivity contribution >= 4 is 45.3 Å². The molecule has 23 heavy (non-hydrogen) atoms. The van der Waals surface area contributed by atoms with Gasteiger partial charge in [-0.2, -0.15) is 0 Å². The number of aromatic nitrogens is 2. The summed E-state index contributed by atoms with van der Waals surface area (Å²) in [5, 5.41) is 3.52. The zero-order valence-corrected chi connectivity index (χ0v) is 14.6. The number of carbonyl (C=O) groups excluding carboxylic acids is 2. The molecular formula is C15H18N4O2S2. The summed E-state index contributed by atoms with van der Waals surface area (Å²) in [4.78, 5) is 33.8. The van der Waals surface area contributed by atoms with Crippen LogP contribution in [0.15, 0.2) is 11.4 Å². The van der Waals surface area contributed by atoms with Crippen LogP contribution in [0.3, 0.4) is 0 Å². The monoisotopic (exact) mass is 350 g/mol. The number of nitrogens with zero attached hydrogens (tertiary/aromatic N) is 2. The quantitative estimate of drug-likeness (QED) is 0.655. The van der Waals surface area contributed by atoms with Gasteiger partial charge in [0.1, 0.15) is 16.2 Å². The number of thioether (sulfide) groups is 1. The zero-order chi connectivity index (χ0) is 16.6. The Morgan fingerprint density at radius 3 is 3.00 bits per heavy atom. The van der Waals surface area contributed by atoms with Gasteiger partial charge in [0, 0.05) is 10.3 Å². The molecule has 2 heterocycles. The van der Waals surface area contributed by atoms with E-state index in [-0.39, 0.29) is 0 Å². The number of aryl methyl sites for hydroxylation is 1. The van der Waals surface area contributed by atoms with Gasteiger partial charge in [-0.25, -0.2) is 14.8 Å². The average Bonchev–Trinajstić information content (AvgIpc) is 2.84. The number of primary amides is 1. The van der Waals surface area contributed by atoms with Gasteiger partial charge in [-0.05, 0) is 37.7 Å². The third kappa shape index (κ3) is 3.32. The lowest BCUT2D eigenvalue weighted by molar-refractivity contribution is -0.119. The lowest BCUT2D eigenvalue weighted by atomic mass is 9.89. The summed E-state index contributed by atoms with van der Waals surface area (Å²) in [6.45, 7) is 4.00. The molecule has 0 saturated heterocycles. The van der Waals surface area contributed by atoms with Crippen molar-refractivity contribution in [3.63, 3.8) is 0 Å². The summed E-state index contributed by atoms with van der Waals surface area (Å²) in [6.07, 6.45) is 4.81. The molecule has 3 N–H and O–H groups in total. The molecule has 0 aliphatic heterocycles. The maximum atomic E-state index is 11.9. The third-order valence-corrected chi connectivity index (χ3v) is 6.22.